The van der Waals surface area contributed by atoms with Crippen LogP contribution in [-0.2, 0) is 0 Å². The van der Waals surface area contributed by atoms with E-state index in [1.807, 2.05) is 12.1 Å². The first-order chi connectivity index (χ1) is 7.09. The first-order valence-corrected chi connectivity index (χ1v) is 5.17. The highest BCUT2D eigenvalue weighted by atomic mass is 16.5. The van der Waals surface area contributed by atoms with E-state index in [0.717, 1.165) is 24.3 Å². The van der Waals surface area contributed by atoms with Crippen LogP contribution in [0.5, 0.6) is 5.75 Å². The fraction of sp³-hybridized carbons (Fsp3) is 0.417. The molecule has 15 heavy (non-hydrogen) atoms. The van der Waals surface area contributed by atoms with Gasteiger partial charge < -0.3 is 10.5 Å². The van der Waals surface area contributed by atoms with E-state index in [0.29, 0.717) is 5.92 Å². The second-order valence-electron chi connectivity index (χ2n) is 3.97. The van der Waals surface area contributed by atoms with E-state index in [1.54, 1.807) is 12.1 Å². The predicted molar refractivity (Wildman–Crippen MR) is 62.4 cm³/mol. The highest BCUT2D eigenvalue weighted by molar-refractivity contribution is 5.94. The normalized spacial score (nSPS) is 10.3. The molecule has 0 atom stereocenters. The molecule has 0 radical (unpaired) electrons. The topological polar surface area (TPSA) is 59.1 Å². The SMILES string of the molecule is CC(C)CCOc1ccc(C(=N)N)cc1. The van der Waals surface area contributed by atoms with Crippen LogP contribution in [0, 0.1) is 11.3 Å². The summed E-state index contributed by atoms with van der Waals surface area (Å²) in [6, 6.07) is 7.29. The Morgan fingerprint density at radius 2 is 1.93 bits per heavy atom. The number of amidine groups is 1. The molecule has 0 heterocycles. The van der Waals surface area contributed by atoms with Crippen molar-refractivity contribution in [2.75, 3.05) is 6.61 Å². The molecule has 0 aliphatic carbocycles. The third-order valence-corrected chi connectivity index (χ3v) is 2.13. The Balaban J connectivity index is 2.46. The van der Waals surface area contributed by atoms with Gasteiger partial charge in [-0.1, -0.05) is 13.8 Å². The van der Waals surface area contributed by atoms with Crippen molar-refractivity contribution in [1.82, 2.24) is 0 Å². The predicted octanol–water partition coefficient (Wildman–Crippen LogP) is 2.40. The second-order valence-corrected chi connectivity index (χ2v) is 3.97. The van der Waals surface area contributed by atoms with Crippen LogP contribution in [0.1, 0.15) is 25.8 Å². The zero-order chi connectivity index (χ0) is 11.3. The number of nitrogen functional groups attached to an aromatic ring is 1. The average Bonchev–Trinajstić information content (AvgIpc) is 2.18. The Morgan fingerprint density at radius 1 is 1.33 bits per heavy atom. The van der Waals surface area contributed by atoms with Gasteiger partial charge in [0.2, 0.25) is 0 Å². The lowest BCUT2D eigenvalue weighted by atomic mass is 10.1. The van der Waals surface area contributed by atoms with Gasteiger partial charge in [0.1, 0.15) is 11.6 Å². The van der Waals surface area contributed by atoms with E-state index in [-0.39, 0.29) is 5.84 Å². The van der Waals surface area contributed by atoms with Crippen molar-refractivity contribution in [2.45, 2.75) is 20.3 Å². The van der Waals surface area contributed by atoms with Gasteiger partial charge in [-0.25, -0.2) is 0 Å². The van der Waals surface area contributed by atoms with Gasteiger partial charge in [0.25, 0.3) is 0 Å². The first-order valence-electron chi connectivity index (χ1n) is 5.17. The summed E-state index contributed by atoms with van der Waals surface area (Å²) in [5.41, 5.74) is 6.07. The molecular weight excluding hydrogens is 188 g/mol. The molecule has 0 aromatic heterocycles. The number of nitrogens with one attached hydrogen (secondary N) is 1. The van der Waals surface area contributed by atoms with Crippen LogP contribution < -0.4 is 10.5 Å². The Labute approximate surface area is 90.8 Å². The van der Waals surface area contributed by atoms with Crippen molar-refractivity contribution in [3.05, 3.63) is 29.8 Å². The number of rotatable bonds is 5. The summed E-state index contributed by atoms with van der Waals surface area (Å²) in [4.78, 5) is 0. The summed E-state index contributed by atoms with van der Waals surface area (Å²) in [6.07, 6.45) is 1.05. The lowest BCUT2D eigenvalue weighted by Crippen LogP contribution is -2.10. The molecule has 0 aliphatic rings. The fourth-order valence-corrected chi connectivity index (χ4v) is 1.14. The highest BCUT2D eigenvalue weighted by Gasteiger charge is 1.98. The summed E-state index contributed by atoms with van der Waals surface area (Å²) in [5.74, 6) is 1.57. The lowest BCUT2D eigenvalue weighted by molar-refractivity contribution is 0.289. The van der Waals surface area contributed by atoms with Crippen LogP contribution in [0.2, 0.25) is 0 Å². The van der Waals surface area contributed by atoms with Gasteiger partial charge in [0, 0.05) is 5.56 Å². The molecule has 1 rings (SSSR count). The van der Waals surface area contributed by atoms with Crippen LogP contribution in [0.3, 0.4) is 0 Å². The van der Waals surface area contributed by atoms with Crippen molar-refractivity contribution in [2.24, 2.45) is 11.7 Å². The Morgan fingerprint density at radius 3 is 2.40 bits per heavy atom. The van der Waals surface area contributed by atoms with Gasteiger partial charge in [0.05, 0.1) is 6.61 Å². The van der Waals surface area contributed by atoms with Crippen LogP contribution >= 0.6 is 0 Å². The van der Waals surface area contributed by atoms with Crippen molar-refractivity contribution < 1.29 is 4.74 Å². The maximum Gasteiger partial charge on any atom is 0.122 e. The number of hydrogen-bond donors (Lipinski definition) is 2. The number of benzene rings is 1. The quantitative estimate of drug-likeness (QED) is 0.574. The Bertz CT molecular complexity index is 317. The number of ether oxygens (including phenoxy) is 1. The minimum Gasteiger partial charge on any atom is -0.494 e. The fourth-order valence-electron chi connectivity index (χ4n) is 1.14. The molecule has 1 aromatic rings. The molecule has 0 aliphatic heterocycles. The smallest absolute Gasteiger partial charge is 0.122 e. The largest absolute Gasteiger partial charge is 0.494 e. The molecule has 3 N–H and O–H groups in total. The molecule has 0 fully saturated rings. The standard InChI is InChI=1S/C12H18N2O/c1-9(2)7-8-15-11-5-3-10(4-6-11)12(13)14/h3-6,9H,7-8H2,1-2H3,(H3,13,14). The molecule has 3 heteroatoms. The summed E-state index contributed by atoms with van der Waals surface area (Å²) in [6.45, 7) is 5.07. The van der Waals surface area contributed by atoms with Crippen molar-refractivity contribution >= 4 is 5.84 Å². The average molecular weight is 206 g/mol. The lowest BCUT2D eigenvalue weighted by Gasteiger charge is -2.08. The zero-order valence-electron chi connectivity index (χ0n) is 9.29. The van der Waals surface area contributed by atoms with Gasteiger partial charge >= 0.3 is 0 Å². The maximum atomic E-state index is 7.24. The Kier molecular flexibility index (Phi) is 4.16. The summed E-state index contributed by atoms with van der Waals surface area (Å²) in [5, 5.41) is 7.24. The van der Waals surface area contributed by atoms with Gasteiger partial charge in [-0.15, -0.1) is 0 Å². The molecule has 0 saturated heterocycles. The van der Waals surface area contributed by atoms with Gasteiger partial charge in [0.15, 0.2) is 0 Å². The highest BCUT2D eigenvalue weighted by Crippen LogP contribution is 2.12. The minimum absolute atomic E-state index is 0.0868. The molecule has 0 unspecified atom stereocenters. The summed E-state index contributed by atoms with van der Waals surface area (Å²) in [7, 11) is 0. The van der Waals surface area contributed by atoms with E-state index in [4.69, 9.17) is 15.9 Å². The monoisotopic (exact) mass is 206 g/mol. The van der Waals surface area contributed by atoms with E-state index in [9.17, 15) is 0 Å². The number of nitrogens with two attached hydrogens (primary N) is 1. The van der Waals surface area contributed by atoms with Crippen LogP contribution in [0.25, 0.3) is 0 Å². The zero-order valence-corrected chi connectivity index (χ0v) is 9.29. The molecule has 0 spiro atoms. The molecule has 0 saturated carbocycles. The number of hydrogen-bond acceptors (Lipinski definition) is 2. The van der Waals surface area contributed by atoms with Crippen molar-refractivity contribution in [1.29, 1.82) is 5.41 Å². The van der Waals surface area contributed by atoms with Crippen LogP contribution in [0.4, 0.5) is 0 Å². The van der Waals surface area contributed by atoms with E-state index < -0.39 is 0 Å². The molecule has 1 aromatic carbocycles. The van der Waals surface area contributed by atoms with Crippen molar-refractivity contribution in [3.63, 3.8) is 0 Å². The van der Waals surface area contributed by atoms with Gasteiger partial charge in [-0.2, -0.15) is 0 Å². The van der Waals surface area contributed by atoms with Gasteiger partial charge in [-0.05, 0) is 36.6 Å². The Hall–Kier alpha value is -1.51. The van der Waals surface area contributed by atoms with E-state index >= 15 is 0 Å². The molecule has 0 bridgehead atoms. The first kappa shape index (κ1) is 11.6. The third-order valence-electron chi connectivity index (χ3n) is 2.13. The van der Waals surface area contributed by atoms with E-state index in [2.05, 4.69) is 13.8 Å². The van der Waals surface area contributed by atoms with Gasteiger partial charge in [-0.3, -0.25) is 5.41 Å². The maximum absolute atomic E-state index is 7.24. The summed E-state index contributed by atoms with van der Waals surface area (Å²) >= 11 is 0. The molecular formula is C12H18N2O. The molecule has 82 valence electrons. The summed E-state index contributed by atoms with van der Waals surface area (Å²) < 4.78 is 5.54. The molecule has 3 nitrogen and oxygen atoms in total. The minimum atomic E-state index is 0.0868. The van der Waals surface area contributed by atoms with Crippen molar-refractivity contribution in [3.8, 4) is 5.75 Å². The second kappa shape index (κ2) is 5.39. The molecule has 0 amide bonds. The van der Waals surface area contributed by atoms with Crippen LogP contribution in [0.15, 0.2) is 24.3 Å². The third kappa shape index (κ3) is 4.02. The van der Waals surface area contributed by atoms with E-state index in [1.165, 1.54) is 0 Å². The van der Waals surface area contributed by atoms with Crippen LogP contribution in [-0.4, -0.2) is 12.4 Å².